The van der Waals surface area contributed by atoms with Crippen LogP contribution >= 0.6 is 0 Å². The molecule has 2 aromatic heterocycles. The van der Waals surface area contributed by atoms with Crippen molar-refractivity contribution < 1.29 is 23.9 Å². The molecule has 0 spiro atoms. The molecule has 37 heavy (non-hydrogen) atoms. The lowest BCUT2D eigenvalue weighted by molar-refractivity contribution is -0.150. The highest BCUT2D eigenvalue weighted by molar-refractivity contribution is 6.35. The molecule has 1 N–H and O–H groups in total. The minimum absolute atomic E-state index is 0.264. The molecule has 2 aromatic carbocycles. The molecule has 4 aromatic rings. The molecule has 0 atom stereocenters. The molecule has 0 radical (unpaired) electrons. The Labute approximate surface area is 213 Å². The number of para-hydroxylation sites is 1. The summed E-state index contributed by atoms with van der Waals surface area (Å²) in [5, 5.41) is 4.13. The van der Waals surface area contributed by atoms with Crippen LogP contribution in [0.1, 0.15) is 30.8 Å². The van der Waals surface area contributed by atoms with E-state index >= 15 is 0 Å². The number of methoxy groups -OCH3 is 1. The zero-order valence-electron chi connectivity index (χ0n) is 21.1. The Bertz CT molecular complexity index is 1610. The number of nitrogens with one attached hydrogen (secondary N) is 1. The van der Waals surface area contributed by atoms with E-state index in [1.165, 1.54) is 13.2 Å². The molecule has 1 aliphatic rings. The number of benzene rings is 2. The molecule has 0 saturated heterocycles. The van der Waals surface area contributed by atoms with Gasteiger partial charge < -0.3 is 14.0 Å². The molecule has 0 unspecified atom stereocenters. The lowest BCUT2D eigenvalue weighted by atomic mass is 9.85. The number of carbonyl (C=O) groups is 3. The number of aryl methyl sites for hydroxylation is 1. The van der Waals surface area contributed by atoms with E-state index in [0.717, 1.165) is 33.2 Å². The molecule has 1 aliphatic heterocycles. The normalized spacial score (nSPS) is 13.7. The van der Waals surface area contributed by atoms with Crippen LogP contribution in [0.3, 0.4) is 0 Å². The van der Waals surface area contributed by atoms with E-state index < -0.39 is 17.2 Å². The van der Waals surface area contributed by atoms with E-state index in [4.69, 9.17) is 9.47 Å². The van der Waals surface area contributed by atoms with Crippen LogP contribution in [0.15, 0.2) is 60.7 Å². The van der Waals surface area contributed by atoms with Gasteiger partial charge in [0.25, 0.3) is 11.8 Å². The third kappa shape index (κ3) is 4.46. The van der Waals surface area contributed by atoms with Crippen molar-refractivity contribution >= 4 is 45.2 Å². The molecular formula is C29H27N3O5. The molecule has 0 fully saturated rings. The topological polar surface area (TPSA) is 99.5 Å². The van der Waals surface area contributed by atoms with E-state index in [1.54, 1.807) is 13.8 Å². The van der Waals surface area contributed by atoms with Crippen molar-refractivity contribution in [3.8, 4) is 5.75 Å². The van der Waals surface area contributed by atoms with Crippen molar-refractivity contribution in [2.24, 2.45) is 12.5 Å². The molecule has 0 bridgehead atoms. The maximum absolute atomic E-state index is 12.7. The number of rotatable bonds is 7. The lowest BCUT2D eigenvalue weighted by Crippen LogP contribution is -2.29. The van der Waals surface area contributed by atoms with Crippen LogP contribution in [0.5, 0.6) is 5.75 Å². The van der Waals surface area contributed by atoms with Gasteiger partial charge in [-0.15, -0.1) is 0 Å². The van der Waals surface area contributed by atoms with E-state index in [9.17, 15) is 14.4 Å². The number of nitrogens with zero attached hydrogens (tertiary/aromatic N) is 2. The zero-order valence-corrected chi connectivity index (χ0v) is 21.1. The number of hydrogen-bond donors (Lipinski definition) is 1. The van der Waals surface area contributed by atoms with Crippen molar-refractivity contribution in [3.05, 3.63) is 77.6 Å². The Morgan fingerprint density at radius 2 is 1.86 bits per heavy atom. The fraction of sp³-hybridized carbons (Fsp3) is 0.241. The quantitative estimate of drug-likeness (QED) is 0.305. The number of esters is 1. The van der Waals surface area contributed by atoms with Crippen LogP contribution in [0.2, 0.25) is 0 Å². The lowest BCUT2D eigenvalue weighted by Gasteiger charge is -2.22. The summed E-state index contributed by atoms with van der Waals surface area (Å²) in [6.45, 7) is 3.85. The van der Waals surface area contributed by atoms with Gasteiger partial charge in [-0.25, -0.2) is 4.98 Å². The van der Waals surface area contributed by atoms with Gasteiger partial charge in [-0.05, 0) is 44.2 Å². The fourth-order valence-electron chi connectivity index (χ4n) is 4.78. The van der Waals surface area contributed by atoms with Crippen LogP contribution in [0.25, 0.3) is 27.4 Å². The first-order valence-electron chi connectivity index (χ1n) is 11.9. The summed E-state index contributed by atoms with van der Waals surface area (Å²) in [4.78, 5) is 41.9. The second-order valence-corrected chi connectivity index (χ2v) is 9.77. The van der Waals surface area contributed by atoms with Crippen LogP contribution in [0, 0.1) is 5.41 Å². The summed E-state index contributed by atoms with van der Waals surface area (Å²) in [6.07, 6.45) is 1.61. The van der Waals surface area contributed by atoms with Gasteiger partial charge in [0, 0.05) is 47.1 Å². The Morgan fingerprint density at radius 3 is 2.59 bits per heavy atom. The molecule has 5 rings (SSSR count). The first-order valence-corrected chi connectivity index (χ1v) is 11.9. The SMILES string of the molecule is COC(=O)C(C)(C)Cc1c(C2=CC(=O)NC2=O)c2cc(OCc3ccc4ccccc4n3)ccc2n1C. The fourth-order valence-corrected chi connectivity index (χ4v) is 4.78. The van der Waals surface area contributed by atoms with Crippen molar-refractivity contribution in [1.29, 1.82) is 0 Å². The summed E-state index contributed by atoms with van der Waals surface area (Å²) < 4.78 is 13.0. The van der Waals surface area contributed by atoms with Crippen molar-refractivity contribution in [1.82, 2.24) is 14.9 Å². The van der Waals surface area contributed by atoms with Gasteiger partial charge in [0.15, 0.2) is 0 Å². The number of pyridine rings is 1. The van der Waals surface area contributed by atoms with Crippen molar-refractivity contribution in [2.75, 3.05) is 7.11 Å². The van der Waals surface area contributed by atoms with Gasteiger partial charge in [-0.1, -0.05) is 24.3 Å². The average Bonchev–Trinajstić information content (AvgIpc) is 3.35. The minimum atomic E-state index is -0.855. The summed E-state index contributed by atoms with van der Waals surface area (Å²) in [5.41, 5.74) is 3.28. The second kappa shape index (κ2) is 9.20. The van der Waals surface area contributed by atoms with Gasteiger partial charge in [0.1, 0.15) is 12.4 Å². The summed E-state index contributed by atoms with van der Waals surface area (Å²) in [6, 6.07) is 17.5. The monoisotopic (exact) mass is 497 g/mol. The van der Waals surface area contributed by atoms with Gasteiger partial charge in [0.05, 0.1) is 29.3 Å². The average molecular weight is 498 g/mol. The molecule has 188 valence electrons. The molecule has 3 heterocycles. The maximum atomic E-state index is 12.7. The number of aromatic nitrogens is 2. The van der Waals surface area contributed by atoms with Gasteiger partial charge in [-0.2, -0.15) is 0 Å². The Hall–Kier alpha value is -4.46. The number of carbonyl (C=O) groups excluding carboxylic acids is 3. The Morgan fingerprint density at radius 1 is 1.08 bits per heavy atom. The number of hydrogen-bond acceptors (Lipinski definition) is 6. The van der Waals surface area contributed by atoms with Gasteiger partial charge in [0.2, 0.25) is 0 Å². The molecule has 0 saturated carbocycles. The summed E-state index contributed by atoms with van der Waals surface area (Å²) in [5.74, 6) is -0.707. The predicted molar refractivity (Wildman–Crippen MR) is 140 cm³/mol. The first kappa shape index (κ1) is 24.2. The van der Waals surface area contributed by atoms with Crippen LogP contribution in [0.4, 0.5) is 0 Å². The van der Waals surface area contributed by atoms with E-state index in [2.05, 4.69) is 10.3 Å². The van der Waals surface area contributed by atoms with Crippen molar-refractivity contribution in [3.63, 3.8) is 0 Å². The predicted octanol–water partition coefficient (Wildman–Crippen LogP) is 4.09. The maximum Gasteiger partial charge on any atom is 0.311 e. The van der Waals surface area contributed by atoms with E-state index in [-0.39, 0.29) is 18.1 Å². The van der Waals surface area contributed by atoms with Crippen molar-refractivity contribution in [2.45, 2.75) is 26.9 Å². The number of ether oxygens (including phenoxy) is 2. The first-order chi connectivity index (χ1) is 17.7. The minimum Gasteiger partial charge on any atom is -0.487 e. The number of imide groups is 1. The molecule has 0 aliphatic carbocycles. The number of fused-ring (bicyclic) bond motifs is 2. The summed E-state index contributed by atoms with van der Waals surface area (Å²) in [7, 11) is 3.23. The van der Waals surface area contributed by atoms with Gasteiger partial charge in [-0.3, -0.25) is 19.7 Å². The van der Waals surface area contributed by atoms with E-state index in [1.807, 2.05) is 66.2 Å². The smallest absolute Gasteiger partial charge is 0.311 e. The highest BCUT2D eigenvalue weighted by atomic mass is 16.5. The summed E-state index contributed by atoms with van der Waals surface area (Å²) >= 11 is 0. The van der Waals surface area contributed by atoms with Gasteiger partial charge >= 0.3 is 5.97 Å². The third-order valence-corrected chi connectivity index (χ3v) is 6.71. The Balaban J connectivity index is 1.55. The second-order valence-electron chi connectivity index (χ2n) is 9.77. The largest absolute Gasteiger partial charge is 0.487 e. The number of amides is 2. The molecule has 8 heteroatoms. The third-order valence-electron chi connectivity index (χ3n) is 6.71. The molecule has 2 amide bonds. The van der Waals surface area contributed by atoms with Crippen LogP contribution in [-0.4, -0.2) is 34.4 Å². The van der Waals surface area contributed by atoms with E-state index in [0.29, 0.717) is 17.7 Å². The highest BCUT2D eigenvalue weighted by Crippen LogP contribution is 2.38. The molecule has 8 nitrogen and oxygen atoms in total. The molecular weight excluding hydrogens is 470 g/mol. The van der Waals surface area contributed by atoms with Crippen LogP contribution < -0.4 is 10.1 Å². The zero-order chi connectivity index (χ0) is 26.3. The highest BCUT2D eigenvalue weighted by Gasteiger charge is 2.35. The van der Waals surface area contributed by atoms with Crippen LogP contribution in [-0.2, 0) is 39.2 Å². The Kier molecular flexibility index (Phi) is 6.03. The standard InChI is InChI=1S/C29H27N3O5/c1-29(2,28(35)36-4)15-24-26(21-14-25(33)31-27(21)34)20-13-19(11-12-23(20)32(24)3)37-16-18-10-9-17-7-5-6-8-22(17)30-18/h5-14H,15-16H2,1-4H3,(H,31,33,34).